The van der Waals surface area contributed by atoms with Crippen molar-refractivity contribution in [2.75, 3.05) is 13.2 Å². The summed E-state index contributed by atoms with van der Waals surface area (Å²) < 4.78 is 13.0. The summed E-state index contributed by atoms with van der Waals surface area (Å²) >= 11 is 0. The molecule has 1 saturated heterocycles. The van der Waals surface area contributed by atoms with Crippen LogP contribution in [0.15, 0.2) is 24.4 Å². The lowest BCUT2D eigenvalue weighted by Crippen LogP contribution is -2.27. The fraction of sp³-hybridized carbons (Fsp3) is 0.429. The lowest BCUT2D eigenvalue weighted by Gasteiger charge is -2.30. The van der Waals surface area contributed by atoms with E-state index < -0.39 is 0 Å². The summed E-state index contributed by atoms with van der Waals surface area (Å²) in [5.41, 5.74) is 3.01. The van der Waals surface area contributed by atoms with Crippen molar-refractivity contribution < 1.29 is 14.3 Å². The Bertz CT molecular complexity index is 1080. The van der Waals surface area contributed by atoms with E-state index in [1.165, 1.54) is 0 Å². The van der Waals surface area contributed by atoms with Gasteiger partial charge in [-0.15, -0.1) is 0 Å². The van der Waals surface area contributed by atoms with E-state index in [4.69, 9.17) is 14.5 Å². The van der Waals surface area contributed by atoms with Crippen LogP contribution in [0.4, 0.5) is 0 Å². The maximum atomic E-state index is 12.2. The molecule has 3 heterocycles. The lowest BCUT2D eigenvalue weighted by atomic mass is 10.0. The van der Waals surface area contributed by atoms with E-state index in [-0.39, 0.29) is 24.5 Å². The molecule has 0 unspecified atom stereocenters. The number of benzene rings is 1. The molecule has 4 rings (SSSR count). The average molecular weight is 378 g/mol. The molecule has 2 aromatic heterocycles. The summed E-state index contributed by atoms with van der Waals surface area (Å²) in [6.45, 7) is 4.85. The Kier molecular flexibility index (Phi) is 4.97. The molecule has 3 aromatic rings. The van der Waals surface area contributed by atoms with Gasteiger partial charge in [-0.05, 0) is 44.9 Å². The number of imidazole rings is 1. The minimum Gasteiger partial charge on any atom is -0.466 e. The van der Waals surface area contributed by atoms with E-state index in [9.17, 15) is 10.1 Å². The number of carbonyl (C=O) groups excluding carboxylic acids is 1. The van der Waals surface area contributed by atoms with Crippen molar-refractivity contribution >= 4 is 27.9 Å². The van der Waals surface area contributed by atoms with Crippen LogP contribution in [0.2, 0.25) is 0 Å². The number of esters is 1. The third kappa shape index (κ3) is 3.32. The molecule has 28 heavy (non-hydrogen) atoms. The predicted octanol–water partition coefficient (Wildman–Crippen LogP) is 3.30. The molecular formula is C21H22N4O3. The second-order valence-corrected chi connectivity index (χ2v) is 7.08. The zero-order valence-electron chi connectivity index (χ0n) is 16.0. The Hall–Kier alpha value is -2.98. The summed E-state index contributed by atoms with van der Waals surface area (Å²) in [4.78, 5) is 21.4. The fourth-order valence-electron chi connectivity index (χ4n) is 3.96. The van der Waals surface area contributed by atoms with Crippen LogP contribution < -0.4 is 0 Å². The number of rotatable bonds is 4. The number of pyridine rings is 1. The Morgan fingerprint density at radius 3 is 3.04 bits per heavy atom. The summed E-state index contributed by atoms with van der Waals surface area (Å²) in [6, 6.07) is 7.81. The molecule has 0 amide bonds. The van der Waals surface area contributed by atoms with Gasteiger partial charge in [-0.1, -0.05) is 0 Å². The normalized spacial score (nSPS) is 19.6. The topological polar surface area (TPSA) is 90.0 Å². The van der Waals surface area contributed by atoms with Gasteiger partial charge in [-0.2, -0.15) is 5.26 Å². The van der Waals surface area contributed by atoms with E-state index in [1.54, 1.807) is 19.2 Å². The van der Waals surface area contributed by atoms with Crippen LogP contribution in [0.5, 0.6) is 0 Å². The molecule has 0 N–H and O–H groups in total. The Morgan fingerprint density at radius 2 is 2.29 bits per heavy atom. The Balaban J connectivity index is 1.94. The van der Waals surface area contributed by atoms with E-state index in [0.717, 1.165) is 34.8 Å². The average Bonchev–Trinajstić information content (AvgIpc) is 3.06. The molecule has 7 heteroatoms. The Labute approximate surface area is 162 Å². The van der Waals surface area contributed by atoms with Crippen LogP contribution >= 0.6 is 0 Å². The molecule has 0 saturated carbocycles. The molecule has 0 radical (unpaired) electrons. The van der Waals surface area contributed by atoms with E-state index in [0.29, 0.717) is 24.6 Å². The summed E-state index contributed by atoms with van der Waals surface area (Å²) in [5.74, 6) is 0.373. The van der Waals surface area contributed by atoms with Crippen LogP contribution in [0.1, 0.15) is 44.1 Å². The molecule has 144 valence electrons. The highest BCUT2D eigenvalue weighted by Crippen LogP contribution is 2.34. The van der Waals surface area contributed by atoms with Crippen molar-refractivity contribution in [1.82, 2.24) is 14.5 Å². The van der Waals surface area contributed by atoms with Gasteiger partial charge in [0.25, 0.3) is 0 Å². The number of hydrogen-bond acceptors (Lipinski definition) is 6. The minimum atomic E-state index is -0.297. The van der Waals surface area contributed by atoms with Gasteiger partial charge in [0.2, 0.25) is 0 Å². The van der Waals surface area contributed by atoms with E-state index >= 15 is 0 Å². The molecule has 1 aliphatic heterocycles. The highest BCUT2D eigenvalue weighted by Gasteiger charge is 2.27. The van der Waals surface area contributed by atoms with Gasteiger partial charge < -0.3 is 14.0 Å². The summed E-state index contributed by atoms with van der Waals surface area (Å²) in [5, 5.41) is 10.2. The molecule has 0 spiro atoms. The van der Waals surface area contributed by atoms with Gasteiger partial charge in [0.1, 0.15) is 17.8 Å². The SMILES string of the molecule is CCOC(=O)Cc1nc2cnc3ccc(C#N)cc3c2n1[C@@H]1CCO[C@H](C)C1. The summed E-state index contributed by atoms with van der Waals surface area (Å²) in [6.07, 6.45) is 3.65. The van der Waals surface area contributed by atoms with Crippen molar-refractivity contribution in [2.45, 2.75) is 45.3 Å². The molecule has 1 fully saturated rings. The van der Waals surface area contributed by atoms with Gasteiger partial charge in [0.15, 0.2) is 0 Å². The number of hydrogen-bond donors (Lipinski definition) is 0. The first-order valence-electron chi connectivity index (χ1n) is 9.57. The predicted molar refractivity (Wildman–Crippen MR) is 104 cm³/mol. The highest BCUT2D eigenvalue weighted by molar-refractivity contribution is 6.03. The quantitative estimate of drug-likeness (QED) is 0.647. The molecule has 1 aliphatic rings. The van der Waals surface area contributed by atoms with Crippen LogP contribution in [-0.2, 0) is 20.7 Å². The van der Waals surface area contributed by atoms with Crippen LogP contribution in [0, 0.1) is 11.3 Å². The van der Waals surface area contributed by atoms with Gasteiger partial charge >= 0.3 is 5.97 Å². The van der Waals surface area contributed by atoms with Crippen LogP contribution in [-0.4, -0.2) is 39.8 Å². The number of ether oxygens (including phenoxy) is 2. The first-order valence-corrected chi connectivity index (χ1v) is 9.57. The van der Waals surface area contributed by atoms with Crippen molar-refractivity contribution in [3.8, 4) is 6.07 Å². The number of fused-ring (bicyclic) bond motifs is 3. The van der Waals surface area contributed by atoms with Crippen LogP contribution in [0.25, 0.3) is 21.9 Å². The van der Waals surface area contributed by atoms with Crippen molar-refractivity contribution in [2.24, 2.45) is 0 Å². The van der Waals surface area contributed by atoms with E-state index in [2.05, 4.69) is 22.5 Å². The zero-order chi connectivity index (χ0) is 19.7. The van der Waals surface area contributed by atoms with E-state index in [1.807, 2.05) is 12.1 Å². The molecular weight excluding hydrogens is 356 g/mol. The summed E-state index contributed by atoms with van der Waals surface area (Å²) in [7, 11) is 0. The zero-order valence-corrected chi connectivity index (χ0v) is 16.0. The molecule has 1 aromatic carbocycles. The highest BCUT2D eigenvalue weighted by atomic mass is 16.5. The third-order valence-electron chi connectivity index (χ3n) is 5.15. The second kappa shape index (κ2) is 7.56. The largest absolute Gasteiger partial charge is 0.466 e. The van der Waals surface area contributed by atoms with Crippen molar-refractivity contribution in [1.29, 1.82) is 5.26 Å². The first-order chi connectivity index (χ1) is 13.6. The maximum absolute atomic E-state index is 12.2. The number of carbonyl (C=O) groups is 1. The molecule has 2 atom stereocenters. The van der Waals surface area contributed by atoms with Gasteiger partial charge in [0.05, 0.1) is 41.6 Å². The number of nitriles is 1. The monoisotopic (exact) mass is 378 g/mol. The maximum Gasteiger partial charge on any atom is 0.313 e. The van der Waals surface area contributed by atoms with Gasteiger partial charge in [-0.25, -0.2) is 4.98 Å². The lowest BCUT2D eigenvalue weighted by molar-refractivity contribution is -0.142. The second-order valence-electron chi connectivity index (χ2n) is 7.08. The molecule has 0 bridgehead atoms. The van der Waals surface area contributed by atoms with Gasteiger partial charge in [-0.3, -0.25) is 9.78 Å². The fourth-order valence-corrected chi connectivity index (χ4v) is 3.96. The standard InChI is InChI=1S/C21H22N4O3/c1-3-27-20(26)10-19-24-18-12-23-17-5-4-14(11-22)9-16(17)21(18)25(19)15-6-7-28-13(2)8-15/h4-5,9,12-13,15H,3,6-8,10H2,1-2H3/t13-,15-/m1/s1. The van der Waals surface area contributed by atoms with Crippen molar-refractivity contribution in [3.63, 3.8) is 0 Å². The third-order valence-corrected chi connectivity index (χ3v) is 5.15. The molecule has 7 nitrogen and oxygen atoms in total. The van der Waals surface area contributed by atoms with Crippen molar-refractivity contribution in [3.05, 3.63) is 35.8 Å². The Morgan fingerprint density at radius 1 is 1.43 bits per heavy atom. The molecule has 0 aliphatic carbocycles. The van der Waals surface area contributed by atoms with Gasteiger partial charge in [0, 0.05) is 18.0 Å². The first kappa shape index (κ1) is 18.4. The number of aromatic nitrogens is 3. The number of nitrogens with zero attached hydrogens (tertiary/aromatic N) is 4. The van der Waals surface area contributed by atoms with Crippen LogP contribution in [0.3, 0.4) is 0 Å². The smallest absolute Gasteiger partial charge is 0.313 e. The minimum absolute atomic E-state index is 0.105.